The quantitative estimate of drug-likeness (QED) is 0.572. The van der Waals surface area contributed by atoms with Gasteiger partial charge >= 0.3 is 11.9 Å². The second-order valence-electron chi connectivity index (χ2n) is 3.89. The molecule has 1 unspecified atom stereocenters. The molecule has 0 aliphatic carbocycles. The zero-order valence-corrected chi connectivity index (χ0v) is 9.86. The Hall–Kier alpha value is -1.69. The molecule has 0 radical (unpaired) electrons. The van der Waals surface area contributed by atoms with E-state index in [-0.39, 0.29) is 11.3 Å². The van der Waals surface area contributed by atoms with Gasteiger partial charge in [-0.15, -0.1) is 0 Å². The van der Waals surface area contributed by atoms with E-state index in [4.69, 9.17) is 0 Å². The molecule has 0 N–H and O–H groups in total. The van der Waals surface area contributed by atoms with Gasteiger partial charge in [0.2, 0.25) is 0 Å². The van der Waals surface area contributed by atoms with Crippen LogP contribution in [0.25, 0.3) is 0 Å². The lowest BCUT2D eigenvalue weighted by molar-refractivity contribution is -0.152. The van der Waals surface area contributed by atoms with Gasteiger partial charge in [-0.3, -0.25) is 9.59 Å². The minimum atomic E-state index is -3.32. The van der Waals surface area contributed by atoms with Gasteiger partial charge in [-0.2, -0.15) is 0 Å². The van der Waals surface area contributed by atoms with E-state index in [1.165, 1.54) is 12.1 Å². The van der Waals surface area contributed by atoms with Crippen LogP contribution < -0.4 is 0 Å². The van der Waals surface area contributed by atoms with Crippen LogP contribution in [0.4, 0.5) is 0 Å². The number of carbonyl (C=O) groups excluding carboxylic acids is 2. The molecule has 1 atom stereocenters. The maximum absolute atomic E-state index is 11.4. The summed E-state index contributed by atoms with van der Waals surface area (Å²) in [5, 5.41) is 0. The molecule has 1 aliphatic rings. The SMILES string of the molecule is CS(=O)(=O)c1cccc(C2CC(=O)OC2=O)c1. The molecule has 0 bridgehead atoms. The van der Waals surface area contributed by atoms with E-state index in [9.17, 15) is 18.0 Å². The predicted molar refractivity (Wildman–Crippen MR) is 58.0 cm³/mol. The van der Waals surface area contributed by atoms with Crippen molar-refractivity contribution in [1.82, 2.24) is 0 Å². The molecule has 1 saturated heterocycles. The summed E-state index contributed by atoms with van der Waals surface area (Å²) >= 11 is 0. The van der Waals surface area contributed by atoms with Gasteiger partial charge in [0.25, 0.3) is 0 Å². The average molecular weight is 254 g/mol. The molecular formula is C11H10O5S. The second kappa shape index (κ2) is 3.96. The Kier molecular flexibility index (Phi) is 2.74. The minimum Gasteiger partial charge on any atom is -0.393 e. The highest BCUT2D eigenvalue weighted by molar-refractivity contribution is 7.90. The van der Waals surface area contributed by atoms with E-state index < -0.39 is 27.7 Å². The van der Waals surface area contributed by atoms with Crippen molar-refractivity contribution < 1.29 is 22.7 Å². The van der Waals surface area contributed by atoms with Crippen molar-refractivity contribution >= 4 is 21.8 Å². The molecule has 90 valence electrons. The summed E-state index contributed by atoms with van der Waals surface area (Å²) < 4.78 is 27.2. The Morgan fingerprint density at radius 1 is 1.29 bits per heavy atom. The third-order valence-corrected chi connectivity index (χ3v) is 3.67. The first kappa shape index (κ1) is 11.8. The third-order valence-electron chi connectivity index (χ3n) is 2.56. The Labute approximate surface area is 98.3 Å². The van der Waals surface area contributed by atoms with Crippen LogP contribution in [0.2, 0.25) is 0 Å². The highest BCUT2D eigenvalue weighted by atomic mass is 32.2. The van der Waals surface area contributed by atoms with Gasteiger partial charge in [-0.1, -0.05) is 12.1 Å². The van der Waals surface area contributed by atoms with E-state index in [1.807, 2.05) is 0 Å². The smallest absolute Gasteiger partial charge is 0.321 e. The van der Waals surface area contributed by atoms with Gasteiger partial charge in [0.05, 0.1) is 17.2 Å². The normalized spacial score (nSPS) is 20.4. The van der Waals surface area contributed by atoms with Crippen LogP contribution in [0.1, 0.15) is 17.9 Å². The van der Waals surface area contributed by atoms with Crippen LogP contribution in [0.3, 0.4) is 0 Å². The number of ether oxygens (including phenoxy) is 1. The molecule has 6 heteroatoms. The van der Waals surface area contributed by atoms with E-state index in [0.29, 0.717) is 5.56 Å². The standard InChI is InChI=1S/C11H10O5S/c1-17(14,15)8-4-2-3-7(5-8)9-6-10(12)16-11(9)13/h2-5,9H,6H2,1H3. The zero-order valence-electron chi connectivity index (χ0n) is 9.04. The van der Waals surface area contributed by atoms with Gasteiger partial charge in [0.15, 0.2) is 9.84 Å². The molecule has 0 aromatic heterocycles. The first-order valence-electron chi connectivity index (χ1n) is 4.92. The number of cyclic esters (lactones) is 2. The van der Waals surface area contributed by atoms with E-state index in [1.54, 1.807) is 12.1 Å². The van der Waals surface area contributed by atoms with Gasteiger partial charge in [0.1, 0.15) is 0 Å². The maximum atomic E-state index is 11.4. The molecule has 1 aromatic carbocycles. The lowest BCUT2D eigenvalue weighted by Gasteiger charge is -2.06. The molecule has 0 amide bonds. The van der Waals surface area contributed by atoms with E-state index >= 15 is 0 Å². The van der Waals surface area contributed by atoms with Crippen LogP contribution >= 0.6 is 0 Å². The van der Waals surface area contributed by atoms with Crippen molar-refractivity contribution in [3.8, 4) is 0 Å². The number of hydrogen-bond donors (Lipinski definition) is 0. The maximum Gasteiger partial charge on any atom is 0.321 e. The highest BCUT2D eigenvalue weighted by Gasteiger charge is 2.34. The van der Waals surface area contributed by atoms with Crippen molar-refractivity contribution in [2.24, 2.45) is 0 Å². The van der Waals surface area contributed by atoms with Gasteiger partial charge < -0.3 is 4.74 Å². The highest BCUT2D eigenvalue weighted by Crippen LogP contribution is 2.28. The number of benzene rings is 1. The van der Waals surface area contributed by atoms with Crippen molar-refractivity contribution in [2.45, 2.75) is 17.2 Å². The average Bonchev–Trinajstić information content (AvgIpc) is 2.57. The van der Waals surface area contributed by atoms with E-state index in [2.05, 4.69) is 4.74 Å². The van der Waals surface area contributed by atoms with Crippen LogP contribution in [0.15, 0.2) is 29.2 Å². The molecule has 1 aliphatic heterocycles. The molecular weight excluding hydrogens is 244 g/mol. The summed E-state index contributed by atoms with van der Waals surface area (Å²) in [4.78, 5) is 22.4. The third kappa shape index (κ3) is 2.36. The Morgan fingerprint density at radius 3 is 2.53 bits per heavy atom. The summed E-state index contributed by atoms with van der Waals surface area (Å²) in [5.41, 5.74) is 0.490. The summed E-state index contributed by atoms with van der Waals surface area (Å²) in [6, 6.07) is 6.00. The molecule has 1 fully saturated rings. The van der Waals surface area contributed by atoms with Crippen LogP contribution in [0.5, 0.6) is 0 Å². The van der Waals surface area contributed by atoms with Gasteiger partial charge in [0, 0.05) is 6.26 Å². The molecule has 0 spiro atoms. The van der Waals surface area contributed by atoms with Gasteiger partial charge in [-0.05, 0) is 17.7 Å². The number of rotatable bonds is 2. The summed E-state index contributed by atoms with van der Waals surface area (Å²) in [7, 11) is -3.32. The summed E-state index contributed by atoms with van der Waals surface area (Å²) in [5.74, 6) is -1.89. The topological polar surface area (TPSA) is 77.5 Å². The van der Waals surface area contributed by atoms with Crippen molar-refractivity contribution in [1.29, 1.82) is 0 Å². The van der Waals surface area contributed by atoms with Crippen LogP contribution in [-0.2, 0) is 24.2 Å². The zero-order chi connectivity index (χ0) is 12.6. The van der Waals surface area contributed by atoms with Gasteiger partial charge in [-0.25, -0.2) is 8.42 Å². The minimum absolute atomic E-state index is 0.0357. The fourth-order valence-electron chi connectivity index (χ4n) is 1.69. The Balaban J connectivity index is 2.41. The van der Waals surface area contributed by atoms with E-state index in [0.717, 1.165) is 6.26 Å². The molecule has 1 heterocycles. The fraction of sp³-hybridized carbons (Fsp3) is 0.273. The number of carbonyl (C=O) groups is 2. The van der Waals surface area contributed by atoms with Crippen molar-refractivity contribution in [3.63, 3.8) is 0 Å². The summed E-state index contributed by atoms with van der Waals surface area (Å²) in [6.07, 6.45) is 1.05. The molecule has 5 nitrogen and oxygen atoms in total. The lowest BCUT2D eigenvalue weighted by Crippen LogP contribution is -2.07. The predicted octanol–water partition coefficient (Wildman–Crippen LogP) is 0.647. The second-order valence-corrected chi connectivity index (χ2v) is 5.91. The lowest BCUT2D eigenvalue weighted by atomic mass is 9.98. The van der Waals surface area contributed by atoms with Crippen molar-refractivity contribution in [3.05, 3.63) is 29.8 Å². The number of hydrogen-bond acceptors (Lipinski definition) is 5. The largest absolute Gasteiger partial charge is 0.393 e. The molecule has 1 aromatic rings. The monoisotopic (exact) mass is 254 g/mol. The van der Waals surface area contributed by atoms with Crippen LogP contribution in [-0.4, -0.2) is 26.6 Å². The summed E-state index contributed by atoms with van der Waals surface area (Å²) in [6.45, 7) is 0. The molecule has 0 saturated carbocycles. The fourth-order valence-corrected chi connectivity index (χ4v) is 2.37. The number of sulfone groups is 1. The first-order chi connectivity index (χ1) is 7.88. The Bertz CT molecular complexity index is 588. The molecule has 17 heavy (non-hydrogen) atoms. The first-order valence-corrected chi connectivity index (χ1v) is 6.81. The van der Waals surface area contributed by atoms with Crippen LogP contribution in [0, 0.1) is 0 Å². The molecule has 2 rings (SSSR count). The van der Waals surface area contributed by atoms with Crippen molar-refractivity contribution in [2.75, 3.05) is 6.26 Å². The number of esters is 2. The Morgan fingerprint density at radius 2 is 2.00 bits per heavy atom.